The summed E-state index contributed by atoms with van der Waals surface area (Å²) < 4.78 is 0. The number of pyridine rings is 1. The number of hydrogen-bond donors (Lipinski definition) is 2. The highest BCUT2D eigenvalue weighted by atomic mass is 35.5. The normalized spacial score (nSPS) is 21.6. The third kappa shape index (κ3) is 7.62. The van der Waals surface area contributed by atoms with Crippen molar-refractivity contribution in [2.75, 3.05) is 65.4 Å². The fourth-order valence-corrected chi connectivity index (χ4v) is 7.72. The largest absolute Gasteiger partial charge is 0.480 e. The van der Waals surface area contributed by atoms with E-state index < -0.39 is 11.5 Å². The highest BCUT2D eigenvalue weighted by Gasteiger charge is 2.44. The van der Waals surface area contributed by atoms with Crippen LogP contribution in [0.1, 0.15) is 47.3 Å². The number of carboxylic acids is 1. The van der Waals surface area contributed by atoms with E-state index in [1.165, 1.54) is 0 Å². The molecule has 1 atom stereocenters. The fourth-order valence-electron chi connectivity index (χ4n) is 7.42. The van der Waals surface area contributed by atoms with Crippen LogP contribution in [0.4, 0.5) is 4.79 Å². The van der Waals surface area contributed by atoms with Gasteiger partial charge in [-0.1, -0.05) is 53.5 Å². The van der Waals surface area contributed by atoms with Crippen molar-refractivity contribution in [3.8, 4) is 0 Å². The van der Waals surface area contributed by atoms with Crippen LogP contribution < -0.4 is 5.32 Å². The Morgan fingerprint density at radius 2 is 1.52 bits per heavy atom. The Bertz CT molecular complexity index is 1600. The molecule has 0 aliphatic carbocycles. The summed E-state index contributed by atoms with van der Waals surface area (Å²) in [7, 11) is 0. The first-order chi connectivity index (χ1) is 23.2. The molecule has 3 aromatic rings. The molecule has 0 spiro atoms. The van der Waals surface area contributed by atoms with E-state index >= 15 is 0 Å². The van der Waals surface area contributed by atoms with E-state index in [9.17, 15) is 14.4 Å². The van der Waals surface area contributed by atoms with Crippen LogP contribution in [0.15, 0.2) is 72.9 Å². The summed E-state index contributed by atoms with van der Waals surface area (Å²) in [5.41, 5.74) is 1.75. The van der Waals surface area contributed by atoms with Gasteiger partial charge >= 0.3 is 12.0 Å². The Balaban J connectivity index is 1.14. The Morgan fingerprint density at radius 3 is 2.19 bits per heavy atom. The summed E-state index contributed by atoms with van der Waals surface area (Å²) in [6.07, 6.45) is 4.84. The van der Waals surface area contributed by atoms with Crippen molar-refractivity contribution in [1.29, 1.82) is 0 Å². The van der Waals surface area contributed by atoms with E-state index in [2.05, 4.69) is 15.2 Å². The Morgan fingerprint density at radius 1 is 0.792 bits per heavy atom. The van der Waals surface area contributed by atoms with E-state index in [0.29, 0.717) is 67.7 Å². The number of hydrogen-bond acceptors (Lipinski definition) is 6. The molecular weight excluding hydrogens is 651 g/mol. The van der Waals surface area contributed by atoms with Crippen molar-refractivity contribution in [1.82, 2.24) is 29.9 Å². The number of likely N-dealkylation sites (tertiary alicyclic amines) is 2. The first kappa shape index (κ1) is 34.2. The SMILES string of the molecule is O=C(O)CN1CCN(C(=O)NC2(c3ccccn3)CCN(CCC3(c4ccc(Cl)c(Cl)c4)CCN(C(=O)c4ccccc4)C3)CC2)CC1. The molecule has 3 saturated heterocycles. The maximum atomic E-state index is 13.6. The van der Waals surface area contributed by atoms with Gasteiger partial charge in [-0.05, 0) is 74.2 Å². The molecule has 1 unspecified atom stereocenters. The quantitative estimate of drug-likeness (QED) is 0.326. The summed E-state index contributed by atoms with van der Waals surface area (Å²) in [4.78, 5) is 50.9. The van der Waals surface area contributed by atoms with Crippen LogP contribution >= 0.6 is 23.2 Å². The van der Waals surface area contributed by atoms with Crippen molar-refractivity contribution in [2.45, 2.75) is 36.6 Å². The van der Waals surface area contributed by atoms with E-state index in [0.717, 1.165) is 43.7 Å². The summed E-state index contributed by atoms with van der Waals surface area (Å²) in [5, 5.41) is 13.5. The van der Waals surface area contributed by atoms with Crippen LogP contribution in [0.25, 0.3) is 0 Å². The molecule has 0 bridgehead atoms. The first-order valence-corrected chi connectivity index (χ1v) is 17.4. The van der Waals surface area contributed by atoms with Gasteiger partial charge in [0, 0.05) is 69.5 Å². The molecule has 2 N–H and O–H groups in total. The minimum absolute atomic E-state index is 0.0170. The maximum Gasteiger partial charge on any atom is 0.318 e. The highest BCUT2D eigenvalue weighted by Crippen LogP contribution is 2.41. The lowest BCUT2D eigenvalue weighted by molar-refractivity contribution is -0.138. The van der Waals surface area contributed by atoms with Gasteiger partial charge in [0.1, 0.15) is 0 Å². The van der Waals surface area contributed by atoms with Crippen LogP contribution in [0.3, 0.4) is 0 Å². The van der Waals surface area contributed by atoms with Crippen molar-refractivity contribution in [2.24, 2.45) is 0 Å². The van der Waals surface area contributed by atoms with Gasteiger partial charge in [0.25, 0.3) is 5.91 Å². The third-order valence-electron chi connectivity index (χ3n) is 10.3. The number of aromatic nitrogens is 1. The number of piperazine rings is 1. The topological polar surface area (TPSA) is 109 Å². The molecule has 3 aliphatic rings. The van der Waals surface area contributed by atoms with Crippen molar-refractivity contribution in [3.63, 3.8) is 0 Å². The monoisotopic (exact) mass is 692 g/mol. The second kappa shape index (κ2) is 14.8. The Kier molecular flexibility index (Phi) is 10.6. The van der Waals surface area contributed by atoms with Gasteiger partial charge < -0.3 is 25.1 Å². The van der Waals surface area contributed by atoms with Crippen LogP contribution in [0, 0.1) is 0 Å². The number of nitrogens with zero attached hydrogens (tertiary/aromatic N) is 5. The molecule has 6 rings (SSSR count). The number of halogens is 2. The molecule has 0 saturated carbocycles. The molecule has 3 amide bonds. The molecule has 48 heavy (non-hydrogen) atoms. The molecule has 12 heteroatoms. The number of urea groups is 1. The maximum absolute atomic E-state index is 13.6. The molecule has 10 nitrogen and oxygen atoms in total. The summed E-state index contributed by atoms with van der Waals surface area (Å²) in [6.45, 7) is 5.61. The number of aliphatic carboxylic acids is 1. The number of piperidine rings is 1. The van der Waals surface area contributed by atoms with Gasteiger partial charge in [0.2, 0.25) is 0 Å². The number of carbonyl (C=O) groups is 3. The lowest BCUT2D eigenvalue weighted by Gasteiger charge is -2.44. The standard InChI is InChI=1S/C36H42Cl2N6O4/c37-29-10-9-28(24-30(29)38)35(12-19-44(26-35)33(47)27-6-2-1-3-7-27)11-16-41-17-13-36(14-18-41,31-8-4-5-15-39-31)40-34(48)43-22-20-42(21-23-43)25-32(45)46/h1-10,15,24H,11-14,16-23,25-26H2,(H,40,48)(H,45,46). The van der Waals surface area contributed by atoms with Gasteiger partial charge in [-0.15, -0.1) is 0 Å². The van der Waals surface area contributed by atoms with Crippen LogP contribution in [-0.4, -0.2) is 113 Å². The van der Waals surface area contributed by atoms with E-state index in [4.69, 9.17) is 28.3 Å². The van der Waals surface area contributed by atoms with E-state index in [1.54, 1.807) is 11.1 Å². The molecular formula is C36H42Cl2N6O4. The predicted molar refractivity (Wildman–Crippen MR) is 185 cm³/mol. The Labute approximate surface area is 291 Å². The molecule has 1 aromatic heterocycles. The summed E-state index contributed by atoms with van der Waals surface area (Å²) in [6, 6.07) is 20.9. The van der Waals surface area contributed by atoms with Gasteiger partial charge in [-0.25, -0.2) is 4.79 Å². The van der Waals surface area contributed by atoms with Crippen molar-refractivity contribution in [3.05, 3.63) is 99.8 Å². The van der Waals surface area contributed by atoms with Crippen LogP contribution in [0.2, 0.25) is 10.0 Å². The predicted octanol–water partition coefficient (Wildman–Crippen LogP) is 4.97. The zero-order valence-electron chi connectivity index (χ0n) is 27.0. The number of carbonyl (C=O) groups excluding carboxylic acids is 2. The lowest BCUT2D eigenvalue weighted by Crippen LogP contribution is -2.59. The molecule has 2 aromatic carbocycles. The smallest absolute Gasteiger partial charge is 0.318 e. The number of amides is 3. The minimum Gasteiger partial charge on any atom is -0.480 e. The van der Waals surface area contributed by atoms with Gasteiger partial charge in [0.15, 0.2) is 0 Å². The minimum atomic E-state index is -0.859. The average molecular weight is 694 g/mol. The average Bonchev–Trinajstić information content (AvgIpc) is 3.55. The van der Waals surface area contributed by atoms with Gasteiger partial charge in [-0.3, -0.25) is 19.5 Å². The number of nitrogens with one attached hydrogen (secondary N) is 1. The molecule has 3 aliphatic heterocycles. The molecule has 3 fully saturated rings. The number of benzene rings is 2. The number of rotatable bonds is 9. The molecule has 0 radical (unpaired) electrons. The zero-order valence-corrected chi connectivity index (χ0v) is 28.5. The first-order valence-electron chi connectivity index (χ1n) is 16.6. The number of carboxylic acid groups (broad SMARTS) is 1. The zero-order chi connectivity index (χ0) is 33.7. The van der Waals surface area contributed by atoms with Crippen molar-refractivity contribution < 1.29 is 19.5 Å². The second-order valence-corrected chi connectivity index (χ2v) is 14.0. The van der Waals surface area contributed by atoms with Crippen molar-refractivity contribution >= 4 is 41.1 Å². The van der Waals surface area contributed by atoms with Gasteiger partial charge in [0.05, 0.1) is 27.8 Å². The Hall–Kier alpha value is -3.70. The lowest BCUT2D eigenvalue weighted by atomic mass is 9.76. The van der Waals surface area contributed by atoms with Crippen LogP contribution in [-0.2, 0) is 15.7 Å². The van der Waals surface area contributed by atoms with E-state index in [1.807, 2.05) is 76.5 Å². The van der Waals surface area contributed by atoms with Gasteiger partial charge in [-0.2, -0.15) is 0 Å². The van der Waals surface area contributed by atoms with E-state index in [-0.39, 0.29) is 23.9 Å². The fraction of sp³-hybridized carbons (Fsp3) is 0.444. The second-order valence-electron chi connectivity index (χ2n) is 13.2. The van der Waals surface area contributed by atoms with Crippen LogP contribution in [0.5, 0.6) is 0 Å². The molecule has 254 valence electrons. The molecule has 4 heterocycles. The summed E-state index contributed by atoms with van der Waals surface area (Å²) in [5.74, 6) is -0.822. The third-order valence-corrected chi connectivity index (χ3v) is 11.1. The summed E-state index contributed by atoms with van der Waals surface area (Å²) >= 11 is 12.8. The highest BCUT2D eigenvalue weighted by molar-refractivity contribution is 6.42.